The molecular weight excluding hydrogens is 156 g/mol. The lowest BCUT2D eigenvalue weighted by Gasteiger charge is -2.34. The maximum absolute atomic E-state index is 10.8. The molecule has 68 valence electrons. The summed E-state index contributed by atoms with van der Waals surface area (Å²) >= 11 is 0. The van der Waals surface area contributed by atoms with Crippen LogP contribution in [0.5, 0.6) is 0 Å². The van der Waals surface area contributed by atoms with Crippen LogP contribution in [-0.4, -0.2) is 21.8 Å². The summed E-state index contributed by atoms with van der Waals surface area (Å²) in [5.74, 6) is -0.962. The van der Waals surface area contributed by atoms with Crippen molar-refractivity contribution in [2.45, 2.75) is 32.3 Å². The van der Waals surface area contributed by atoms with Gasteiger partial charge >= 0.3 is 5.97 Å². The van der Waals surface area contributed by atoms with E-state index in [1.54, 1.807) is 19.9 Å². The fourth-order valence-electron chi connectivity index (χ4n) is 1.37. The standard InChI is InChI=1S/C9H14O3/c1-8(2,7(10)11)9(12)5-3-4-6-9/h3,5,12H,4,6H2,1-2H3,(H,10,11). The molecular formula is C9H14O3. The minimum absolute atomic E-state index is 0.506. The van der Waals surface area contributed by atoms with Gasteiger partial charge < -0.3 is 10.2 Å². The number of aliphatic hydroxyl groups is 1. The molecule has 0 radical (unpaired) electrons. The van der Waals surface area contributed by atoms with Crippen molar-refractivity contribution < 1.29 is 15.0 Å². The van der Waals surface area contributed by atoms with Crippen molar-refractivity contribution in [2.24, 2.45) is 5.41 Å². The van der Waals surface area contributed by atoms with Gasteiger partial charge in [0.15, 0.2) is 0 Å². The Hall–Kier alpha value is -0.830. The first-order valence-corrected chi connectivity index (χ1v) is 4.04. The molecule has 2 N–H and O–H groups in total. The van der Waals surface area contributed by atoms with Gasteiger partial charge in [0.1, 0.15) is 0 Å². The van der Waals surface area contributed by atoms with E-state index >= 15 is 0 Å². The molecule has 0 saturated heterocycles. The number of allylic oxidation sites excluding steroid dienone is 1. The highest BCUT2D eigenvalue weighted by Gasteiger charge is 2.48. The number of hydrogen-bond donors (Lipinski definition) is 2. The maximum Gasteiger partial charge on any atom is 0.312 e. The lowest BCUT2D eigenvalue weighted by molar-refractivity contribution is -0.159. The highest BCUT2D eigenvalue weighted by molar-refractivity contribution is 5.76. The molecule has 0 saturated carbocycles. The molecule has 0 fully saturated rings. The van der Waals surface area contributed by atoms with Gasteiger partial charge in [-0.25, -0.2) is 0 Å². The Morgan fingerprint density at radius 1 is 1.58 bits per heavy atom. The van der Waals surface area contributed by atoms with Crippen LogP contribution in [0.1, 0.15) is 26.7 Å². The van der Waals surface area contributed by atoms with Gasteiger partial charge in [0.25, 0.3) is 0 Å². The fourth-order valence-corrected chi connectivity index (χ4v) is 1.37. The molecule has 1 rings (SSSR count). The Morgan fingerprint density at radius 2 is 2.17 bits per heavy atom. The van der Waals surface area contributed by atoms with E-state index < -0.39 is 17.0 Å². The van der Waals surface area contributed by atoms with Crippen LogP contribution in [0.2, 0.25) is 0 Å². The zero-order chi connectivity index (χ0) is 9.41. The van der Waals surface area contributed by atoms with Crippen LogP contribution in [0.4, 0.5) is 0 Å². The topological polar surface area (TPSA) is 57.5 Å². The summed E-state index contributed by atoms with van der Waals surface area (Å²) < 4.78 is 0. The number of aliphatic carboxylic acids is 1. The predicted octanol–water partition coefficient (Wildman–Crippen LogP) is 1.18. The van der Waals surface area contributed by atoms with Gasteiger partial charge in [-0.05, 0) is 26.7 Å². The van der Waals surface area contributed by atoms with E-state index in [4.69, 9.17) is 5.11 Å². The Labute approximate surface area is 71.7 Å². The van der Waals surface area contributed by atoms with Gasteiger partial charge in [0.2, 0.25) is 0 Å². The minimum atomic E-state index is -1.17. The number of rotatable bonds is 2. The number of carbonyl (C=O) groups is 1. The summed E-state index contributed by atoms with van der Waals surface area (Å²) in [7, 11) is 0. The smallest absolute Gasteiger partial charge is 0.312 e. The third kappa shape index (κ3) is 1.14. The molecule has 0 aliphatic heterocycles. The second-order valence-corrected chi connectivity index (χ2v) is 3.80. The SMILES string of the molecule is CC(C)(C(=O)O)C1(O)C=CCC1. The van der Waals surface area contributed by atoms with Crippen LogP contribution < -0.4 is 0 Å². The molecule has 1 atom stereocenters. The van der Waals surface area contributed by atoms with Crippen molar-refractivity contribution in [1.82, 2.24) is 0 Å². The van der Waals surface area contributed by atoms with Crippen LogP contribution in [0.25, 0.3) is 0 Å². The van der Waals surface area contributed by atoms with Crippen LogP contribution in [0.3, 0.4) is 0 Å². The third-order valence-corrected chi connectivity index (χ3v) is 2.70. The third-order valence-electron chi connectivity index (χ3n) is 2.70. The van der Waals surface area contributed by atoms with Gasteiger partial charge in [-0.3, -0.25) is 4.79 Å². The van der Waals surface area contributed by atoms with Crippen LogP contribution in [0, 0.1) is 5.41 Å². The fraction of sp³-hybridized carbons (Fsp3) is 0.667. The van der Waals surface area contributed by atoms with E-state index in [0.717, 1.165) is 6.42 Å². The highest BCUT2D eigenvalue weighted by atomic mass is 16.4. The molecule has 3 nitrogen and oxygen atoms in total. The molecule has 1 aliphatic carbocycles. The second kappa shape index (κ2) is 2.59. The molecule has 0 aromatic heterocycles. The van der Waals surface area contributed by atoms with E-state index in [1.165, 1.54) is 0 Å². The van der Waals surface area contributed by atoms with Crippen molar-refractivity contribution in [3.8, 4) is 0 Å². The van der Waals surface area contributed by atoms with Gasteiger partial charge in [0.05, 0.1) is 11.0 Å². The van der Waals surface area contributed by atoms with Crippen molar-refractivity contribution >= 4 is 5.97 Å². The molecule has 1 aliphatic rings. The largest absolute Gasteiger partial charge is 0.481 e. The zero-order valence-electron chi connectivity index (χ0n) is 7.37. The van der Waals surface area contributed by atoms with E-state index in [1.807, 2.05) is 6.08 Å². The highest BCUT2D eigenvalue weighted by Crippen LogP contribution is 2.39. The number of carboxylic acids is 1. The minimum Gasteiger partial charge on any atom is -0.481 e. The Bertz CT molecular complexity index is 227. The van der Waals surface area contributed by atoms with Crippen LogP contribution >= 0.6 is 0 Å². The maximum atomic E-state index is 10.8. The molecule has 1 unspecified atom stereocenters. The first kappa shape index (κ1) is 9.26. The van der Waals surface area contributed by atoms with Crippen molar-refractivity contribution in [3.05, 3.63) is 12.2 Å². The van der Waals surface area contributed by atoms with E-state index in [-0.39, 0.29) is 0 Å². The molecule has 0 aromatic carbocycles. The van der Waals surface area contributed by atoms with Crippen molar-refractivity contribution in [1.29, 1.82) is 0 Å². The number of carboxylic acid groups (broad SMARTS) is 1. The molecule has 0 amide bonds. The summed E-state index contributed by atoms with van der Waals surface area (Å²) in [5.41, 5.74) is -2.27. The van der Waals surface area contributed by atoms with Gasteiger partial charge in [-0.2, -0.15) is 0 Å². The summed E-state index contributed by atoms with van der Waals surface area (Å²) in [6.45, 7) is 3.09. The quantitative estimate of drug-likeness (QED) is 0.612. The Balaban J connectivity index is 2.94. The molecule has 0 spiro atoms. The summed E-state index contributed by atoms with van der Waals surface area (Å²) in [5, 5.41) is 18.8. The Kier molecular flexibility index (Phi) is 2.00. The van der Waals surface area contributed by atoms with Crippen molar-refractivity contribution in [3.63, 3.8) is 0 Å². The average Bonchev–Trinajstić information content (AvgIpc) is 2.37. The van der Waals surface area contributed by atoms with Gasteiger partial charge in [-0.15, -0.1) is 0 Å². The first-order valence-electron chi connectivity index (χ1n) is 4.04. The normalized spacial score (nSPS) is 29.2. The lowest BCUT2D eigenvalue weighted by atomic mass is 9.74. The monoisotopic (exact) mass is 170 g/mol. The first-order chi connectivity index (χ1) is 5.40. The van der Waals surface area contributed by atoms with Crippen LogP contribution in [-0.2, 0) is 4.79 Å². The second-order valence-electron chi connectivity index (χ2n) is 3.80. The van der Waals surface area contributed by atoms with E-state index in [9.17, 15) is 9.90 Å². The molecule has 3 heteroatoms. The average molecular weight is 170 g/mol. The molecule has 0 heterocycles. The van der Waals surface area contributed by atoms with Gasteiger partial charge in [0, 0.05) is 0 Å². The van der Waals surface area contributed by atoms with Crippen molar-refractivity contribution in [2.75, 3.05) is 0 Å². The summed E-state index contributed by atoms with van der Waals surface area (Å²) in [6.07, 6.45) is 4.69. The van der Waals surface area contributed by atoms with E-state index in [2.05, 4.69) is 0 Å². The zero-order valence-corrected chi connectivity index (χ0v) is 7.37. The van der Waals surface area contributed by atoms with Crippen LogP contribution in [0.15, 0.2) is 12.2 Å². The summed E-state index contributed by atoms with van der Waals surface area (Å²) in [6, 6.07) is 0. The molecule has 12 heavy (non-hydrogen) atoms. The number of hydrogen-bond acceptors (Lipinski definition) is 2. The predicted molar refractivity (Wildman–Crippen MR) is 44.7 cm³/mol. The van der Waals surface area contributed by atoms with Gasteiger partial charge in [-0.1, -0.05) is 12.2 Å². The Morgan fingerprint density at radius 3 is 2.50 bits per heavy atom. The molecule has 0 aromatic rings. The lowest BCUT2D eigenvalue weighted by Crippen LogP contribution is -2.46. The van der Waals surface area contributed by atoms with E-state index in [0.29, 0.717) is 6.42 Å². The molecule has 0 bridgehead atoms. The summed E-state index contributed by atoms with van der Waals surface area (Å²) in [4.78, 5) is 10.8.